The van der Waals surface area contributed by atoms with Crippen LogP contribution in [0.25, 0.3) is 10.9 Å². The van der Waals surface area contributed by atoms with Crippen molar-refractivity contribution in [3.63, 3.8) is 0 Å². The van der Waals surface area contributed by atoms with Crippen molar-refractivity contribution in [1.82, 2.24) is 9.29 Å². The second-order valence-corrected chi connectivity index (χ2v) is 10.2. The van der Waals surface area contributed by atoms with Crippen LogP contribution in [0.15, 0.2) is 30.5 Å². The fraction of sp³-hybridized carbons (Fsp3) is 0.526. The first-order valence-electron chi connectivity index (χ1n) is 8.41. The monoisotopic (exact) mass is 364 g/mol. The SMILES string of the molecule is C[C@H](N[S+]([O-])C(C)(C)C)c1cn(C(=O)OC(C)(C)C)c2ccccc12. The average molecular weight is 365 g/mol. The van der Waals surface area contributed by atoms with Crippen LogP contribution in [0.5, 0.6) is 0 Å². The molecule has 0 bridgehead atoms. The van der Waals surface area contributed by atoms with E-state index in [0.29, 0.717) is 0 Å². The predicted molar refractivity (Wildman–Crippen MR) is 103 cm³/mol. The highest BCUT2D eigenvalue weighted by atomic mass is 32.2. The van der Waals surface area contributed by atoms with Gasteiger partial charge in [0.05, 0.1) is 11.6 Å². The molecule has 1 heterocycles. The molecule has 0 fully saturated rings. The molecule has 0 saturated heterocycles. The molecule has 1 N–H and O–H groups in total. The lowest BCUT2D eigenvalue weighted by molar-refractivity contribution is 0.0544. The van der Waals surface area contributed by atoms with Gasteiger partial charge < -0.3 is 9.29 Å². The van der Waals surface area contributed by atoms with Crippen molar-refractivity contribution in [2.24, 2.45) is 0 Å². The smallest absolute Gasteiger partial charge is 0.419 e. The Hall–Kier alpha value is -1.50. The van der Waals surface area contributed by atoms with Crippen LogP contribution < -0.4 is 4.72 Å². The molecule has 0 amide bonds. The largest absolute Gasteiger partial charge is 0.598 e. The van der Waals surface area contributed by atoms with Gasteiger partial charge >= 0.3 is 6.09 Å². The van der Waals surface area contributed by atoms with Crippen LogP contribution >= 0.6 is 0 Å². The second-order valence-electron chi connectivity index (χ2n) is 8.17. The van der Waals surface area contributed by atoms with E-state index < -0.39 is 23.1 Å². The van der Waals surface area contributed by atoms with E-state index in [2.05, 4.69) is 4.72 Å². The summed E-state index contributed by atoms with van der Waals surface area (Å²) in [5.74, 6) is 0. The molecule has 0 radical (unpaired) electrons. The minimum Gasteiger partial charge on any atom is -0.598 e. The summed E-state index contributed by atoms with van der Waals surface area (Å²) >= 11 is -1.20. The van der Waals surface area contributed by atoms with Gasteiger partial charge in [0.25, 0.3) is 0 Å². The van der Waals surface area contributed by atoms with Crippen LogP contribution in [0.4, 0.5) is 4.79 Å². The predicted octanol–water partition coefficient (Wildman–Crippen LogP) is 4.54. The zero-order chi connectivity index (χ0) is 19.0. The number of rotatable bonds is 3. The molecule has 138 valence electrons. The first-order chi connectivity index (χ1) is 11.4. The first-order valence-corrected chi connectivity index (χ1v) is 9.56. The number of ether oxygens (including phenoxy) is 1. The van der Waals surface area contributed by atoms with Gasteiger partial charge in [-0.05, 0) is 60.1 Å². The molecule has 2 aromatic rings. The fourth-order valence-electron chi connectivity index (χ4n) is 2.41. The first kappa shape index (κ1) is 19.8. The van der Waals surface area contributed by atoms with Gasteiger partial charge in [-0.1, -0.05) is 18.2 Å². The molecule has 0 aliphatic heterocycles. The van der Waals surface area contributed by atoms with Crippen molar-refractivity contribution in [3.8, 4) is 0 Å². The van der Waals surface area contributed by atoms with Crippen LogP contribution in [-0.2, 0) is 16.1 Å². The van der Waals surface area contributed by atoms with Crippen LogP contribution in [0.3, 0.4) is 0 Å². The van der Waals surface area contributed by atoms with E-state index in [0.717, 1.165) is 16.5 Å². The fourth-order valence-corrected chi connectivity index (χ4v) is 3.22. The van der Waals surface area contributed by atoms with Crippen molar-refractivity contribution in [3.05, 3.63) is 36.0 Å². The number of fused-ring (bicyclic) bond motifs is 1. The summed E-state index contributed by atoms with van der Waals surface area (Å²) in [6.45, 7) is 13.2. The third-order valence-electron chi connectivity index (χ3n) is 3.64. The van der Waals surface area contributed by atoms with Crippen LogP contribution in [0, 0.1) is 0 Å². The second kappa shape index (κ2) is 7.02. The lowest BCUT2D eigenvalue weighted by atomic mass is 10.1. The van der Waals surface area contributed by atoms with Gasteiger partial charge in [-0.2, -0.15) is 0 Å². The molecule has 1 unspecified atom stereocenters. The summed E-state index contributed by atoms with van der Waals surface area (Å²) in [7, 11) is 0. The number of aromatic nitrogens is 1. The van der Waals surface area contributed by atoms with Gasteiger partial charge in [-0.15, -0.1) is 4.72 Å². The Morgan fingerprint density at radius 1 is 1.20 bits per heavy atom. The zero-order valence-electron chi connectivity index (χ0n) is 16.0. The molecule has 25 heavy (non-hydrogen) atoms. The molecular formula is C19H28N2O3S. The molecule has 0 saturated carbocycles. The van der Waals surface area contributed by atoms with Crippen molar-refractivity contribution < 1.29 is 14.1 Å². The summed E-state index contributed by atoms with van der Waals surface area (Å²) in [5, 5.41) is 0.944. The highest BCUT2D eigenvalue weighted by Crippen LogP contribution is 2.29. The van der Waals surface area contributed by atoms with Crippen molar-refractivity contribution in [2.45, 2.75) is 64.9 Å². The Bertz CT molecular complexity index is 756. The van der Waals surface area contributed by atoms with E-state index in [4.69, 9.17) is 4.74 Å². The summed E-state index contributed by atoms with van der Waals surface area (Å²) in [6.07, 6.45) is 1.36. The van der Waals surface area contributed by atoms with Crippen LogP contribution in [-0.4, -0.2) is 25.6 Å². The van der Waals surface area contributed by atoms with Gasteiger partial charge in [0, 0.05) is 22.9 Å². The van der Waals surface area contributed by atoms with Crippen molar-refractivity contribution >= 4 is 28.4 Å². The van der Waals surface area contributed by atoms with E-state index in [-0.39, 0.29) is 10.8 Å². The maximum atomic E-state index is 12.6. The number of carbonyl (C=O) groups is 1. The van der Waals surface area contributed by atoms with Gasteiger partial charge in [0.15, 0.2) is 0 Å². The van der Waals surface area contributed by atoms with Gasteiger partial charge in [0.2, 0.25) is 0 Å². The Labute approximate surface area is 153 Å². The number of hydrogen-bond acceptors (Lipinski definition) is 4. The van der Waals surface area contributed by atoms with Crippen molar-refractivity contribution in [1.29, 1.82) is 0 Å². The molecule has 5 nitrogen and oxygen atoms in total. The van der Waals surface area contributed by atoms with E-state index in [1.807, 2.05) is 72.7 Å². The number of para-hydroxylation sites is 1. The topological polar surface area (TPSA) is 66.3 Å². The summed E-state index contributed by atoms with van der Waals surface area (Å²) < 4.78 is 22.2. The molecule has 1 aromatic heterocycles. The molecule has 0 aliphatic carbocycles. The number of nitrogens with one attached hydrogen (secondary N) is 1. The number of nitrogens with zero attached hydrogens (tertiary/aromatic N) is 1. The van der Waals surface area contributed by atoms with Gasteiger partial charge in [-0.3, -0.25) is 4.57 Å². The van der Waals surface area contributed by atoms with E-state index >= 15 is 0 Å². The number of benzene rings is 1. The van der Waals surface area contributed by atoms with Crippen LogP contribution in [0.1, 0.15) is 60.1 Å². The summed E-state index contributed by atoms with van der Waals surface area (Å²) in [5.41, 5.74) is 1.13. The Morgan fingerprint density at radius 2 is 1.80 bits per heavy atom. The Morgan fingerprint density at radius 3 is 2.36 bits per heavy atom. The van der Waals surface area contributed by atoms with Gasteiger partial charge in [-0.25, -0.2) is 4.79 Å². The molecule has 0 aliphatic rings. The highest BCUT2D eigenvalue weighted by Gasteiger charge is 2.30. The molecule has 2 atom stereocenters. The van der Waals surface area contributed by atoms with Crippen LogP contribution in [0.2, 0.25) is 0 Å². The molecule has 0 spiro atoms. The average Bonchev–Trinajstić information content (AvgIpc) is 2.84. The summed E-state index contributed by atoms with van der Waals surface area (Å²) in [6, 6.07) is 7.49. The lowest BCUT2D eigenvalue weighted by Gasteiger charge is -2.26. The minimum absolute atomic E-state index is 0.173. The zero-order valence-corrected chi connectivity index (χ0v) is 16.9. The van der Waals surface area contributed by atoms with E-state index in [1.165, 1.54) is 4.57 Å². The minimum atomic E-state index is -1.20. The highest BCUT2D eigenvalue weighted by molar-refractivity contribution is 7.90. The standard InChI is InChI=1S/C19H28N2O3S/c1-13(20-25(23)19(5,6)7)15-12-21(17(22)24-18(2,3)4)16-11-9-8-10-14(15)16/h8-13,20H,1-7H3/t13-,25?/m0/s1. The summed E-state index contributed by atoms with van der Waals surface area (Å²) in [4.78, 5) is 12.6. The third-order valence-corrected chi connectivity index (χ3v) is 5.32. The quantitative estimate of drug-likeness (QED) is 0.812. The maximum Gasteiger partial charge on any atom is 0.419 e. The van der Waals surface area contributed by atoms with E-state index in [9.17, 15) is 9.35 Å². The molecular weight excluding hydrogens is 336 g/mol. The third kappa shape index (κ3) is 4.77. The maximum absolute atomic E-state index is 12.6. The Kier molecular flexibility index (Phi) is 5.56. The number of hydrogen-bond donors (Lipinski definition) is 1. The van der Waals surface area contributed by atoms with Gasteiger partial charge in [0.1, 0.15) is 10.3 Å². The molecule has 6 heteroatoms. The Balaban J connectivity index is 2.40. The lowest BCUT2D eigenvalue weighted by Crippen LogP contribution is -2.40. The normalized spacial score (nSPS) is 15.2. The number of carbonyl (C=O) groups excluding carboxylic acids is 1. The van der Waals surface area contributed by atoms with Crippen molar-refractivity contribution in [2.75, 3.05) is 0 Å². The molecule has 1 aromatic carbocycles. The van der Waals surface area contributed by atoms with E-state index in [1.54, 1.807) is 6.20 Å². The molecule has 2 rings (SSSR count).